The van der Waals surface area contributed by atoms with Gasteiger partial charge < -0.3 is 9.84 Å². The lowest BCUT2D eigenvalue weighted by molar-refractivity contribution is 0.357. The Bertz CT molecular complexity index is 476. The van der Waals surface area contributed by atoms with Crippen molar-refractivity contribution in [1.82, 2.24) is 15.5 Å². The van der Waals surface area contributed by atoms with E-state index >= 15 is 0 Å². The van der Waals surface area contributed by atoms with Gasteiger partial charge in [0.25, 0.3) is 0 Å². The van der Waals surface area contributed by atoms with Crippen LogP contribution in [0.15, 0.2) is 28.8 Å². The molecule has 0 aliphatic heterocycles. The molecule has 0 fully saturated rings. The second-order valence-electron chi connectivity index (χ2n) is 4.25. The van der Waals surface area contributed by atoms with Crippen molar-refractivity contribution >= 4 is 0 Å². The standard InChI is InChI=1S/C13H17N3O/c1-9-4-6-12(7-5-9)10(2)14-8-13-15-11(3)16-17-13/h4-7,10,14H,8H2,1-3H3. The van der Waals surface area contributed by atoms with E-state index in [1.54, 1.807) is 0 Å². The van der Waals surface area contributed by atoms with Gasteiger partial charge in [0.2, 0.25) is 5.89 Å². The Morgan fingerprint density at radius 2 is 1.94 bits per heavy atom. The van der Waals surface area contributed by atoms with Crippen molar-refractivity contribution in [3.05, 3.63) is 47.1 Å². The molecule has 2 aromatic rings. The Labute approximate surface area is 101 Å². The molecule has 1 atom stereocenters. The summed E-state index contributed by atoms with van der Waals surface area (Å²) >= 11 is 0. The highest BCUT2D eigenvalue weighted by Crippen LogP contribution is 2.13. The van der Waals surface area contributed by atoms with Gasteiger partial charge >= 0.3 is 0 Å². The topological polar surface area (TPSA) is 51.0 Å². The van der Waals surface area contributed by atoms with Gasteiger partial charge in [-0.2, -0.15) is 4.98 Å². The van der Waals surface area contributed by atoms with E-state index in [1.165, 1.54) is 11.1 Å². The molecule has 0 aliphatic rings. The summed E-state index contributed by atoms with van der Waals surface area (Å²) in [6, 6.07) is 8.76. The molecule has 90 valence electrons. The molecule has 0 saturated carbocycles. The molecular formula is C13H17N3O. The minimum Gasteiger partial charge on any atom is -0.338 e. The Morgan fingerprint density at radius 3 is 2.53 bits per heavy atom. The van der Waals surface area contributed by atoms with Crippen molar-refractivity contribution in [1.29, 1.82) is 0 Å². The zero-order valence-corrected chi connectivity index (χ0v) is 10.4. The SMILES string of the molecule is Cc1ccc(C(C)NCc2nc(C)no2)cc1. The lowest BCUT2D eigenvalue weighted by Gasteiger charge is -2.12. The summed E-state index contributed by atoms with van der Waals surface area (Å²) in [4.78, 5) is 4.15. The van der Waals surface area contributed by atoms with Gasteiger partial charge in [0.1, 0.15) is 0 Å². The van der Waals surface area contributed by atoms with Crippen LogP contribution in [-0.4, -0.2) is 10.1 Å². The normalized spacial score (nSPS) is 12.6. The molecule has 2 rings (SSSR count). The van der Waals surface area contributed by atoms with Gasteiger partial charge in [-0.1, -0.05) is 35.0 Å². The van der Waals surface area contributed by atoms with Gasteiger partial charge in [-0.15, -0.1) is 0 Å². The molecule has 0 aliphatic carbocycles. The fourth-order valence-electron chi connectivity index (χ4n) is 1.63. The highest BCUT2D eigenvalue weighted by atomic mass is 16.5. The summed E-state index contributed by atoms with van der Waals surface area (Å²) in [5.74, 6) is 1.30. The van der Waals surface area contributed by atoms with Gasteiger partial charge in [0.15, 0.2) is 5.82 Å². The Hall–Kier alpha value is -1.68. The molecule has 0 saturated heterocycles. The summed E-state index contributed by atoms with van der Waals surface area (Å²) in [5, 5.41) is 7.10. The minimum atomic E-state index is 0.266. The van der Waals surface area contributed by atoms with E-state index in [9.17, 15) is 0 Å². The molecule has 0 amide bonds. The molecular weight excluding hydrogens is 214 g/mol. The van der Waals surface area contributed by atoms with Crippen LogP contribution in [0.5, 0.6) is 0 Å². The Kier molecular flexibility index (Phi) is 3.54. The first-order chi connectivity index (χ1) is 8.15. The monoisotopic (exact) mass is 231 g/mol. The van der Waals surface area contributed by atoms with Crippen LogP contribution >= 0.6 is 0 Å². The zero-order valence-electron chi connectivity index (χ0n) is 10.4. The quantitative estimate of drug-likeness (QED) is 0.878. The Balaban J connectivity index is 1.93. The van der Waals surface area contributed by atoms with E-state index in [-0.39, 0.29) is 6.04 Å². The van der Waals surface area contributed by atoms with Gasteiger partial charge in [-0.25, -0.2) is 0 Å². The maximum atomic E-state index is 5.05. The van der Waals surface area contributed by atoms with Crippen LogP contribution in [0.25, 0.3) is 0 Å². The van der Waals surface area contributed by atoms with Crippen molar-refractivity contribution in [3.63, 3.8) is 0 Å². The number of nitrogens with zero attached hydrogens (tertiary/aromatic N) is 2. The first kappa shape index (κ1) is 11.8. The number of aromatic nitrogens is 2. The second kappa shape index (κ2) is 5.10. The fourth-order valence-corrected chi connectivity index (χ4v) is 1.63. The molecule has 0 bridgehead atoms. The van der Waals surface area contributed by atoms with Crippen molar-refractivity contribution < 1.29 is 4.52 Å². The first-order valence-corrected chi connectivity index (χ1v) is 5.74. The third-order valence-corrected chi connectivity index (χ3v) is 2.71. The highest BCUT2D eigenvalue weighted by Gasteiger charge is 2.07. The molecule has 1 N–H and O–H groups in total. The number of hydrogen-bond donors (Lipinski definition) is 1. The van der Waals surface area contributed by atoms with Gasteiger partial charge in [-0.05, 0) is 26.3 Å². The third-order valence-electron chi connectivity index (χ3n) is 2.71. The number of hydrogen-bond acceptors (Lipinski definition) is 4. The lowest BCUT2D eigenvalue weighted by atomic mass is 10.1. The van der Waals surface area contributed by atoms with E-state index in [0.717, 1.165) is 0 Å². The predicted molar refractivity (Wildman–Crippen MR) is 65.5 cm³/mol. The molecule has 0 spiro atoms. The van der Waals surface area contributed by atoms with E-state index in [1.807, 2.05) is 6.92 Å². The van der Waals surface area contributed by atoms with Crippen LogP contribution < -0.4 is 5.32 Å². The third kappa shape index (κ3) is 3.14. The number of rotatable bonds is 4. The van der Waals surface area contributed by atoms with Crippen LogP contribution in [0.2, 0.25) is 0 Å². The van der Waals surface area contributed by atoms with Crippen molar-refractivity contribution in [2.45, 2.75) is 33.4 Å². The lowest BCUT2D eigenvalue weighted by Crippen LogP contribution is -2.18. The van der Waals surface area contributed by atoms with Crippen LogP contribution in [0.4, 0.5) is 0 Å². The van der Waals surface area contributed by atoms with E-state index in [2.05, 4.69) is 53.6 Å². The van der Waals surface area contributed by atoms with Crippen LogP contribution in [-0.2, 0) is 6.54 Å². The summed E-state index contributed by atoms with van der Waals surface area (Å²) in [7, 11) is 0. The van der Waals surface area contributed by atoms with Crippen LogP contribution in [0.1, 0.15) is 35.8 Å². The summed E-state index contributed by atoms with van der Waals surface area (Å²) in [6.45, 7) is 6.61. The Morgan fingerprint density at radius 1 is 1.24 bits per heavy atom. The average molecular weight is 231 g/mol. The first-order valence-electron chi connectivity index (χ1n) is 5.74. The van der Waals surface area contributed by atoms with Crippen molar-refractivity contribution in [2.24, 2.45) is 0 Å². The zero-order chi connectivity index (χ0) is 12.3. The summed E-state index contributed by atoms with van der Waals surface area (Å²) < 4.78 is 5.05. The largest absolute Gasteiger partial charge is 0.338 e. The molecule has 0 radical (unpaired) electrons. The predicted octanol–water partition coefficient (Wildman–Crippen LogP) is 2.54. The number of aryl methyl sites for hydroxylation is 2. The number of nitrogens with one attached hydrogen (secondary N) is 1. The second-order valence-corrected chi connectivity index (χ2v) is 4.25. The molecule has 1 aromatic carbocycles. The minimum absolute atomic E-state index is 0.266. The maximum Gasteiger partial charge on any atom is 0.240 e. The molecule has 1 aromatic heterocycles. The van der Waals surface area contributed by atoms with E-state index in [0.29, 0.717) is 18.3 Å². The molecule has 1 heterocycles. The fraction of sp³-hybridized carbons (Fsp3) is 0.385. The molecule has 17 heavy (non-hydrogen) atoms. The van der Waals surface area contributed by atoms with E-state index in [4.69, 9.17) is 4.52 Å². The summed E-state index contributed by atoms with van der Waals surface area (Å²) in [5.41, 5.74) is 2.53. The van der Waals surface area contributed by atoms with Crippen LogP contribution in [0.3, 0.4) is 0 Å². The van der Waals surface area contributed by atoms with Gasteiger partial charge in [0.05, 0.1) is 6.54 Å². The maximum absolute atomic E-state index is 5.05. The average Bonchev–Trinajstić information content (AvgIpc) is 2.73. The highest BCUT2D eigenvalue weighted by molar-refractivity contribution is 5.23. The van der Waals surface area contributed by atoms with Gasteiger partial charge in [0, 0.05) is 6.04 Å². The summed E-state index contributed by atoms with van der Waals surface area (Å²) in [6.07, 6.45) is 0. The van der Waals surface area contributed by atoms with Crippen LogP contribution in [0, 0.1) is 13.8 Å². The van der Waals surface area contributed by atoms with Crippen molar-refractivity contribution in [3.8, 4) is 0 Å². The molecule has 4 heteroatoms. The van der Waals surface area contributed by atoms with Gasteiger partial charge in [-0.3, -0.25) is 0 Å². The molecule has 1 unspecified atom stereocenters. The smallest absolute Gasteiger partial charge is 0.240 e. The van der Waals surface area contributed by atoms with E-state index < -0.39 is 0 Å². The number of benzene rings is 1. The van der Waals surface area contributed by atoms with Crippen molar-refractivity contribution in [2.75, 3.05) is 0 Å². The molecule has 4 nitrogen and oxygen atoms in total.